The monoisotopic (exact) mass is 432 g/mol. The molecule has 2 aromatic rings. The topological polar surface area (TPSA) is 81.7 Å². The van der Waals surface area contributed by atoms with Gasteiger partial charge in [0.15, 0.2) is 5.96 Å². The lowest BCUT2D eigenvalue weighted by atomic mass is 9.99. The zero-order valence-electron chi connectivity index (χ0n) is 17.2. The predicted octanol–water partition coefficient (Wildman–Crippen LogP) is 3.97. The van der Waals surface area contributed by atoms with Crippen molar-refractivity contribution in [2.45, 2.75) is 26.1 Å². The first-order valence-corrected chi connectivity index (χ1v) is 9.95. The molecule has 2 amide bonds. The van der Waals surface area contributed by atoms with E-state index in [1.54, 1.807) is 19.3 Å². The molecular weight excluding hydrogens is 409 g/mol. The first kappa shape index (κ1) is 21.0. The summed E-state index contributed by atoms with van der Waals surface area (Å²) in [6.07, 6.45) is -2.60. The van der Waals surface area contributed by atoms with Gasteiger partial charge < -0.3 is 20.9 Å². The number of aliphatic imine (C=N–C) groups is 1. The number of likely N-dealkylation sites (tertiary alicyclic amines) is 1. The van der Waals surface area contributed by atoms with Crippen LogP contribution in [0.3, 0.4) is 0 Å². The Morgan fingerprint density at radius 2 is 2.13 bits per heavy atom. The highest BCUT2D eigenvalue weighted by atomic mass is 19.4. The third kappa shape index (κ3) is 4.42. The van der Waals surface area contributed by atoms with E-state index >= 15 is 0 Å². The normalized spacial score (nSPS) is 19.6. The second-order valence-corrected chi connectivity index (χ2v) is 7.72. The molecule has 2 aliphatic heterocycles. The Kier molecular flexibility index (Phi) is 5.47. The van der Waals surface area contributed by atoms with Gasteiger partial charge in [0.1, 0.15) is 5.82 Å². The number of nitrogens with one attached hydrogen (secondary N) is 3. The van der Waals surface area contributed by atoms with Crippen molar-refractivity contribution in [1.29, 1.82) is 0 Å². The Labute approximate surface area is 177 Å². The Balaban J connectivity index is 1.51. The number of fused-ring (bicyclic) bond motifs is 1. The van der Waals surface area contributed by atoms with Crippen molar-refractivity contribution < 1.29 is 18.0 Å². The van der Waals surface area contributed by atoms with E-state index in [1.165, 1.54) is 4.90 Å². The number of rotatable bonds is 2. The summed E-state index contributed by atoms with van der Waals surface area (Å²) in [6.45, 7) is 2.31. The van der Waals surface area contributed by atoms with E-state index in [1.807, 2.05) is 25.1 Å². The fraction of sp³-hybridized carbons (Fsp3) is 0.381. The van der Waals surface area contributed by atoms with Crippen LogP contribution in [0.1, 0.15) is 17.5 Å². The van der Waals surface area contributed by atoms with Crippen LogP contribution in [0.2, 0.25) is 0 Å². The number of nitrogens with zero attached hydrogens (tertiary/aromatic N) is 3. The highest BCUT2D eigenvalue weighted by molar-refractivity contribution is 5.95. The zero-order valence-corrected chi connectivity index (χ0v) is 17.2. The number of guanidine groups is 1. The van der Waals surface area contributed by atoms with Gasteiger partial charge in [0.25, 0.3) is 0 Å². The van der Waals surface area contributed by atoms with Crippen LogP contribution in [0.4, 0.5) is 29.5 Å². The maximum atomic E-state index is 12.9. The fourth-order valence-corrected chi connectivity index (χ4v) is 3.80. The number of urea groups is 1. The fourth-order valence-electron chi connectivity index (χ4n) is 3.80. The molecule has 0 bridgehead atoms. The molecule has 10 heteroatoms. The molecule has 31 heavy (non-hydrogen) atoms. The number of amides is 2. The minimum Gasteiger partial charge on any atom is -0.352 e. The maximum absolute atomic E-state index is 12.9. The van der Waals surface area contributed by atoms with E-state index in [0.29, 0.717) is 18.2 Å². The SMILES string of the molecule is CN=C1NCc2cc(-c3cc(NC(=O)N4CCC(C(F)(F)F)C4)ccc3C)cnc2N1. The molecule has 1 aromatic heterocycles. The van der Waals surface area contributed by atoms with Crippen molar-refractivity contribution in [3.8, 4) is 11.1 Å². The zero-order chi connectivity index (χ0) is 22.2. The van der Waals surface area contributed by atoms with Crippen molar-refractivity contribution in [1.82, 2.24) is 15.2 Å². The molecule has 1 aromatic carbocycles. The standard InChI is InChI=1S/C21H23F3N6O/c1-12-3-4-16(28-20(31)30-6-5-15(11-30)21(22,23)24)8-17(12)13-7-14-10-27-19(25-2)29-18(14)26-9-13/h3-4,7-9,15H,5-6,10-11H2,1-2H3,(H,28,31)(H2,25,26,27,29). The molecule has 7 nitrogen and oxygen atoms in total. The molecule has 1 atom stereocenters. The summed E-state index contributed by atoms with van der Waals surface area (Å²) >= 11 is 0. The second-order valence-electron chi connectivity index (χ2n) is 7.72. The molecule has 3 heterocycles. The summed E-state index contributed by atoms with van der Waals surface area (Å²) in [6, 6.07) is 6.91. The number of benzene rings is 1. The average molecular weight is 432 g/mol. The average Bonchev–Trinajstić information content (AvgIpc) is 3.25. The van der Waals surface area contributed by atoms with Crippen molar-refractivity contribution in [3.63, 3.8) is 0 Å². The number of aryl methyl sites for hydroxylation is 1. The van der Waals surface area contributed by atoms with Crippen LogP contribution in [0.15, 0.2) is 35.5 Å². The number of pyridine rings is 1. The molecule has 0 aliphatic carbocycles. The van der Waals surface area contributed by atoms with E-state index in [-0.39, 0.29) is 19.5 Å². The van der Waals surface area contributed by atoms with Gasteiger partial charge >= 0.3 is 12.2 Å². The molecule has 2 aliphatic rings. The summed E-state index contributed by atoms with van der Waals surface area (Å²) < 4.78 is 38.7. The highest BCUT2D eigenvalue weighted by Crippen LogP contribution is 2.34. The smallest absolute Gasteiger partial charge is 0.352 e. The minimum atomic E-state index is -4.28. The van der Waals surface area contributed by atoms with Crippen LogP contribution >= 0.6 is 0 Å². The second kappa shape index (κ2) is 8.09. The van der Waals surface area contributed by atoms with Gasteiger partial charge in [0.05, 0.1) is 5.92 Å². The van der Waals surface area contributed by atoms with Gasteiger partial charge in [0.2, 0.25) is 0 Å². The summed E-state index contributed by atoms with van der Waals surface area (Å²) in [4.78, 5) is 22.3. The van der Waals surface area contributed by atoms with Crippen LogP contribution in [0.25, 0.3) is 11.1 Å². The van der Waals surface area contributed by atoms with Crippen LogP contribution in [0, 0.1) is 12.8 Å². The Morgan fingerprint density at radius 1 is 1.32 bits per heavy atom. The minimum absolute atomic E-state index is 0.0661. The van der Waals surface area contributed by atoms with Crippen LogP contribution in [0.5, 0.6) is 0 Å². The summed E-state index contributed by atoms with van der Waals surface area (Å²) in [7, 11) is 1.68. The molecule has 1 fully saturated rings. The van der Waals surface area contributed by atoms with Gasteiger partial charge in [-0.05, 0) is 42.7 Å². The van der Waals surface area contributed by atoms with Gasteiger partial charge in [-0.1, -0.05) is 6.07 Å². The van der Waals surface area contributed by atoms with Crippen molar-refractivity contribution in [3.05, 3.63) is 41.6 Å². The van der Waals surface area contributed by atoms with Crippen molar-refractivity contribution in [2.24, 2.45) is 10.9 Å². The van der Waals surface area contributed by atoms with E-state index in [4.69, 9.17) is 0 Å². The van der Waals surface area contributed by atoms with Crippen LogP contribution in [-0.2, 0) is 6.54 Å². The number of hydrogen-bond acceptors (Lipinski definition) is 3. The number of anilines is 2. The quantitative estimate of drug-likeness (QED) is 0.671. The molecular formula is C21H23F3N6O. The predicted molar refractivity (Wildman–Crippen MR) is 113 cm³/mol. The van der Waals surface area contributed by atoms with Gasteiger partial charge in [0, 0.05) is 49.7 Å². The molecule has 0 spiro atoms. The number of alkyl halides is 3. The van der Waals surface area contributed by atoms with Crippen LogP contribution in [-0.4, -0.2) is 48.2 Å². The Hall–Kier alpha value is -3.30. The molecule has 3 N–H and O–H groups in total. The molecule has 0 saturated carbocycles. The first-order chi connectivity index (χ1) is 14.7. The number of aromatic nitrogens is 1. The first-order valence-electron chi connectivity index (χ1n) is 9.95. The lowest BCUT2D eigenvalue weighted by Crippen LogP contribution is -2.35. The molecule has 0 radical (unpaired) electrons. The summed E-state index contributed by atoms with van der Waals surface area (Å²) in [5.74, 6) is -0.0735. The number of halogens is 3. The van der Waals surface area contributed by atoms with E-state index < -0.39 is 18.1 Å². The lowest BCUT2D eigenvalue weighted by molar-refractivity contribution is -0.169. The van der Waals surface area contributed by atoms with Crippen molar-refractivity contribution >= 4 is 23.5 Å². The van der Waals surface area contributed by atoms with Gasteiger partial charge in [-0.25, -0.2) is 9.78 Å². The lowest BCUT2D eigenvalue weighted by Gasteiger charge is -2.21. The number of hydrogen-bond donors (Lipinski definition) is 3. The van der Waals surface area contributed by atoms with Gasteiger partial charge in [-0.15, -0.1) is 0 Å². The number of carbonyl (C=O) groups is 1. The largest absolute Gasteiger partial charge is 0.393 e. The third-order valence-electron chi connectivity index (χ3n) is 5.61. The third-order valence-corrected chi connectivity index (χ3v) is 5.61. The number of carbonyl (C=O) groups excluding carboxylic acids is 1. The molecule has 1 unspecified atom stereocenters. The molecule has 4 rings (SSSR count). The Bertz CT molecular complexity index is 1040. The van der Waals surface area contributed by atoms with E-state index in [0.717, 1.165) is 28.1 Å². The van der Waals surface area contributed by atoms with Crippen LogP contribution < -0.4 is 16.0 Å². The summed E-state index contributed by atoms with van der Waals surface area (Å²) in [5.41, 5.74) is 4.26. The van der Waals surface area contributed by atoms with E-state index in [2.05, 4.69) is 25.9 Å². The van der Waals surface area contributed by atoms with E-state index in [9.17, 15) is 18.0 Å². The van der Waals surface area contributed by atoms with Crippen molar-refractivity contribution in [2.75, 3.05) is 30.8 Å². The van der Waals surface area contributed by atoms with Gasteiger partial charge in [-0.2, -0.15) is 13.2 Å². The highest BCUT2D eigenvalue weighted by Gasteiger charge is 2.44. The molecule has 1 saturated heterocycles. The van der Waals surface area contributed by atoms with Gasteiger partial charge in [-0.3, -0.25) is 4.99 Å². The molecule has 164 valence electrons. The summed E-state index contributed by atoms with van der Waals surface area (Å²) in [5, 5.41) is 8.99. The maximum Gasteiger partial charge on any atom is 0.393 e. The Morgan fingerprint density at radius 3 is 2.84 bits per heavy atom.